The van der Waals surface area contributed by atoms with Crippen molar-refractivity contribution in [2.75, 3.05) is 25.9 Å². The van der Waals surface area contributed by atoms with Gasteiger partial charge < -0.3 is 25.1 Å². The number of methoxy groups -OCH3 is 1. The molecule has 0 aliphatic carbocycles. The van der Waals surface area contributed by atoms with E-state index in [0.29, 0.717) is 48.4 Å². The molecule has 1 aliphatic rings. The number of hydrogen-bond acceptors (Lipinski definition) is 10. The first-order valence-corrected chi connectivity index (χ1v) is 14.3. The van der Waals surface area contributed by atoms with Crippen LogP contribution in [-0.2, 0) is 31.5 Å². The van der Waals surface area contributed by atoms with Crippen molar-refractivity contribution in [1.29, 1.82) is 0 Å². The maximum Gasteiger partial charge on any atom is 0.240 e. The average molecular weight is 580 g/mol. The minimum absolute atomic E-state index is 0.0812. The van der Waals surface area contributed by atoms with Gasteiger partial charge in [0.2, 0.25) is 11.8 Å². The number of likely N-dealkylation sites (N-methyl/N-ethyl adjacent to an activating group) is 1. The van der Waals surface area contributed by atoms with Crippen LogP contribution in [-0.4, -0.2) is 82.4 Å². The minimum Gasteiger partial charge on any atom is -0.473 e. The molecule has 0 fully saturated rings. The minimum atomic E-state index is -0.587. The van der Waals surface area contributed by atoms with Gasteiger partial charge >= 0.3 is 0 Å². The van der Waals surface area contributed by atoms with E-state index in [9.17, 15) is 5.11 Å². The Kier molecular flexibility index (Phi) is 8.53. The lowest BCUT2D eigenvalue weighted by molar-refractivity contribution is 0.131. The number of ether oxygens (including phenoxy) is 3. The third-order valence-corrected chi connectivity index (χ3v) is 7.07. The van der Waals surface area contributed by atoms with E-state index in [1.54, 1.807) is 24.9 Å². The molecular formula is C29H41N9O4. The number of rotatable bonds is 7. The maximum atomic E-state index is 10.3. The summed E-state index contributed by atoms with van der Waals surface area (Å²) in [6.45, 7) is 12.4. The largest absolute Gasteiger partial charge is 0.473 e. The SMILES string of the molecule is CCN1Cc2c(c(OC(C)C)nn2CC(C)O)/C=C/c2cnc3c(N)nc(cn23)-c2c(COC)nn(C)c2OC(C)C1. The van der Waals surface area contributed by atoms with Gasteiger partial charge in [-0.2, -0.15) is 5.10 Å². The summed E-state index contributed by atoms with van der Waals surface area (Å²) in [5.41, 5.74) is 11.6. The third kappa shape index (κ3) is 5.85. The van der Waals surface area contributed by atoms with E-state index in [2.05, 4.69) is 16.8 Å². The van der Waals surface area contributed by atoms with E-state index in [0.717, 1.165) is 29.1 Å². The van der Waals surface area contributed by atoms with Crippen LogP contribution in [0.3, 0.4) is 0 Å². The van der Waals surface area contributed by atoms with E-state index >= 15 is 0 Å². The van der Waals surface area contributed by atoms with Crippen molar-refractivity contribution in [3.63, 3.8) is 0 Å². The number of aliphatic hydroxyl groups is 1. The summed E-state index contributed by atoms with van der Waals surface area (Å²) in [5, 5.41) is 19.8. The summed E-state index contributed by atoms with van der Waals surface area (Å²) in [6, 6.07) is 0. The second-order valence-corrected chi connectivity index (χ2v) is 11.0. The Morgan fingerprint density at radius 3 is 2.69 bits per heavy atom. The van der Waals surface area contributed by atoms with Gasteiger partial charge in [-0.3, -0.25) is 14.0 Å². The molecule has 13 heteroatoms. The molecule has 0 saturated heterocycles. The molecule has 1 aliphatic heterocycles. The fourth-order valence-electron chi connectivity index (χ4n) is 5.28. The Balaban J connectivity index is 1.75. The van der Waals surface area contributed by atoms with E-state index < -0.39 is 6.10 Å². The van der Waals surface area contributed by atoms with Crippen LogP contribution in [0.4, 0.5) is 5.82 Å². The number of aromatic nitrogens is 7. The maximum absolute atomic E-state index is 10.3. The summed E-state index contributed by atoms with van der Waals surface area (Å²) >= 11 is 0. The number of nitrogens with zero attached hydrogens (tertiary/aromatic N) is 8. The summed E-state index contributed by atoms with van der Waals surface area (Å²) in [7, 11) is 3.48. The van der Waals surface area contributed by atoms with Crippen molar-refractivity contribution >= 4 is 23.6 Å². The molecule has 3 N–H and O–H groups in total. The number of imidazole rings is 1. The van der Waals surface area contributed by atoms with Crippen LogP contribution in [0.2, 0.25) is 0 Å². The zero-order valence-electron chi connectivity index (χ0n) is 25.4. The first-order chi connectivity index (χ1) is 20.1. The average Bonchev–Trinajstić information content (AvgIpc) is 3.55. The first-order valence-electron chi connectivity index (χ1n) is 14.3. The van der Waals surface area contributed by atoms with Crippen LogP contribution >= 0.6 is 0 Å². The Morgan fingerprint density at radius 2 is 2.00 bits per heavy atom. The molecule has 13 nitrogen and oxygen atoms in total. The molecule has 0 aromatic carbocycles. The third-order valence-electron chi connectivity index (χ3n) is 7.07. The molecule has 0 amide bonds. The van der Waals surface area contributed by atoms with Crippen molar-refractivity contribution in [3.8, 4) is 23.0 Å². The molecule has 5 heterocycles. The zero-order chi connectivity index (χ0) is 30.1. The Bertz CT molecular complexity index is 1580. The Hall–Kier alpha value is -3.94. The molecule has 42 heavy (non-hydrogen) atoms. The van der Waals surface area contributed by atoms with Crippen molar-refractivity contribution in [2.45, 2.75) is 72.6 Å². The van der Waals surface area contributed by atoms with Gasteiger partial charge in [-0.1, -0.05) is 6.92 Å². The predicted octanol–water partition coefficient (Wildman–Crippen LogP) is 3.00. The van der Waals surface area contributed by atoms with Crippen LogP contribution in [0.5, 0.6) is 11.8 Å². The van der Waals surface area contributed by atoms with Gasteiger partial charge in [0.25, 0.3) is 0 Å². The van der Waals surface area contributed by atoms with Crippen molar-refractivity contribution in [3.05, 3.63) is 35.0 Å². The van der Waals surface area contributed by atoms with E-state index in [-0.39, 0.29) is 24.6 Å². The van der Waals surface area contributed by atoms with Gasteiger partial charge in [0.05, 0.1) is 59.8 Å². The normalized spacial score (nSPS) is 17.5. The van der Waals surface area contributed by atoms with Gasteiger partial charge in [0.15, 0.2) is 11.5 Å². The van der Waals surface area contributed by atoms with Gasteiger partial charge in [0, 0.05) is 33.4 Å². The zero-order valence-corrected chi connectivity index (χ0v) is 25.4. The number of aliphatic hydroxyl groups excluding tert-OH is 1. The molecule has 2 unspecified atom stereocenters. The van der Waals surface area contributed by atoms with Crippen LogP contribution in [0.15, 0.2) is 12.4 Å². The fourth-order valence-corrected chi connectivity index (χ4v) is 5.28. The quantitative estimate of drug-likeness (QED) is 0.335. The molecule has 226 valence electrons. The number of anilines is 1. The Morgan fingerprint density at radius 1 is 1.21 bits per heavy atom. The molecule has 0 spiro atoms. The summed E-state index contributed by atoms with van der Waals surface area (Å²) in [6.07, 6.45) is 6.75. The lowest BCUT2D eigenvalue weighted by Crippen LogP contribution is -2.35. The molecule has 5 rings (SSSR count). The van der Waals surface area contributed by atoms with E-state index in [4.69, 9.17) is 35.1 Å². The summed E-state index contributed by atoms with van der Waals surface area (Å²) < 4.78 is 23.7. The van der Waals surface area contributed by atoms with Crippen LogP contribution < -0.4 is 15.2 Å². The summed E-state index contributed by atoms with van der Waals surface area (Å²) in [4.78, 5) is 11.5. The number of hydrogen-bond donors (Lipinski definition) is 2. The second kappa shape index (κ2) is 12.1. The molecule has 0 saturated carbocycles. The highest BCUT2D eigenvalue weighted by molar-refractivity contribution is 5.77. The molecule has 4 aromatic rings. The van der Waals surface area contributed by atoms with E-state index in [1.165, 1.54) is 0 Å². The highest BCUT2D eigenvalue weighted by atomic mass is 16.5. The molecule has 2 atom stereocenters. The standard InChI is InChI=1S/C29H41N9O4/c1-8-36-13-19(5)42-29-25(23(16-40-7)33-35(29)6)22-14-37-20(11-31-27(37)26(30)32-22)9-10-21-24(15-36)38(12-18(4)39)34-28(21)41-17(2)3/h9-11,14,17-19,39H,8,12-13,15-16H2,1-7H3,(H2,30,32)/b10-9+. The molecule has 4 aromatic heterocycles. The second-order valence-electron chi connectivity index (χ2n) is 11.0. The smallest absolute Gasteiger partial charge is 0.240 e. The van der Waals surface area contributed by atoms with E-state index in [1.807, 2.05) is 55.3 Å². The molecular weight excluding hydrogens is 538 g/mol. The summed E-state index contributed by atoms with van der Waals surface area (Å²) in [5.74, 6) is 1.38. The topological polar surface area (TPSA) is 143 Å². The van der Waals surface area contributed by atoms with Gasteiger partial charge in [0.1, 0.15) is 11.8 Å². The predicted molar refractivity (Wildman–Crippen MR) is 160 cm³/mol. The van der Waals surface area contributed by atoms with Crippen LogP contribution in [0.1, 0.15) is 57.3 Å². The number of fused-ring (bicyclic) bond motifs is 4. The highest BCUT2D eigenvalue weighted by Crippen LogP contribution is 2.35. The van der Waals surface area contributed by atoms with Gasteiger partial charge in [-0.25, -0.2) is 14.6 Å². The van der Waals surface area contributed by atoms with Crippen molar-refractivity contribution < 1.29 is 19.3 Å². The molecule has 0 radical (unpaired) electrons. The number of aryl methyl sites for hydroxylation is 1. The monoisotopic (exact) mass is 579 g/mol. The van der Waals surface area contributed by atoms with Crippen molar-refractivity contribution in [1.82, 2.24) is 38.8 Å². The van der Waals surface area contributed by atoms with Crippen molar-refractivity contribution in [2.24, 2.45) is 7.05 Å². The first kappa shape index (κ1) is 29.5. The Labute approximate surface area is 245 Å². The molecule has 2 bridgehead atoms. The van der Waals surface area contributed by atoms with Gasteiger partial charge in [-0.05, 0) is 46.4 Å². The number of nitrogens with two attached hydrogens (primary N) is 1. The number of nitrogen functional groups attached to an aromatic ring is 1. The fraction of sp³-hybridized carbons (Fsp3) is 0.517. The van der Waals surface area contributed by atoms with Gasteiger partial charge in [-0.15, -0.1) is 5.10 Å². The lowest BCUT2D eigenvalue weighted by atomic mass is 10.1. The highest BCUT2D eigenvalue weighted by Gasteiger charge is 2.26. The van der Waals surface area contributed by atoms with Crippen LogP contribution in [0.25, 0.3) is 29.1 Å². The lowest BCUT2D eigenvalue weighted by Gasteiger charge is -2.26. The van der Waals surface area contributed by atoms with Crippen LogP contribution in [0, 0.1) is 0 Å².